The average molecular weight is 289 g/mol. The summed E-state index contributed by atoms with van der Waals surface area (Å²) in [6.45, 7) is 0.597. The van der Waals surface area contributed by atoms with Crippen molar-refractivity contribution >= 4 is 46.1 Å². The highest BCUT2D eigenvalue weighted by atomic mass is 35.5. The van der Waals surface area contributed by atoms with Gasteiger partial charge in [-0.2, -0.15) is 0 Å². The van der Waals surface area contributed by atoms with Gasteiger partial charge in [0.15, 0.2) is 0 Å². The van der Waals surface area contributed by atoms with Crippen LogP contribution in [-0.4, -0.2) is 17.4 Å². The molecule has 0 atom stereocenters. The Balaban J connectivity index is 1.79. The van der Waals surface area contributed by atoms with E-state index in [2.05, 4.69) is 5.32 Å². The van der Waals surface area contributed by atoms with E-state index in [1.165, 1.54) is 11.3 Å². The molecule has 1 heterocycles. The molecule has 92 valence electrons. The van der Waals surface area contributed by atoms with Crippen LogP contribution in [0.4, 0.5) is 0 Å². The van der Waals surface area contributed by atoms with Crippen molar-refractivity contribution in [3.63, 3.8) is 0 Å². The maximum absolute atomic E-state index is 11.9. The Morgan fingerprint density at radius 3 is 2.76 bits per heavy atom. The minimum absolute atomic E-state index is 0.0346. The van der Waals surface area contributed by atoms with Crippen molar-refractivity contribution in [1.82, 2.24) is 5.32 Å². The van der Waals surface area contributed by atoms with Crippen molar-refractivity contribution < 1.29 is 4.79 Å². The summed E-state index contributed by atoms with van der Waals surface area (Å²) in [5.74, 6) is -0.0346. The van der Waals surface area contributed by atoms with Gasteiger partial charge in [-0.1, -0.05) is 23.8 Å². The molecule has 0 bridgehead atoms. The quantitative estimate of drug-likeness (QED) is 0.816. The van der Waals surface area contributed by atoms with E-state index in [0.717, 1.165) is 28.5 Å². The third kappa shape index (κ3) is 2.78. The molecule has 0 aliphatic heterocycles. The maximum atomic E-state index is 11.9. The summed E-state index contributed by atoms with van der Waals surface area (Å²) in [6, 6.07) is 3.83. The van der Waals surface area contributed by atoms with Gasteiger partial charge in [0.1, 0.15) is 0 Å². The number of nitrogens with two attached hydrogens (primary N) is 1. The van der Waals surface area contributed by atoms with Crippen molar-refractivity contribution in [3.05, 3.63) is 21.3 Å². The van der Waals surface area contributed by atoms with Crippen LogP contribution in [0.1, 0.15) is 17.7 Å². The van der Waals surface area contributed by atoms with Gasteiger partial charge in [0.25, 0.3) is 0 Å². The smallest absolute Gasteiger partial charge is 0.233 e. The molecule has 1 aromatic heterocycles. The van der Waals surface area contributed by atoms with E-state index in [4.69, 9.17) is 29.6 Å². The molecule has 3 nitrogen and oxygen atoms in total. The number of carbonyl (C=O) groups is 1. The largest absolute Gasteiger partial charge is 0.392 e. The lowest BCUT2D eigenvalue weighted by molar-refractivity contribution is -0.123. The SMILES string of the molecule is NC(=S)C1(C(=O)NCCc2ccc(Cl)s2)CC1. The molecule has 0 unspecified atom stereocenters. The molecule has 3 N–H and O–H groups in total. The zero-order chi connectivity index (χ0) is 12.5. The molecule has 0 spiro atoms. The third-order valence-corrected chi connectivity index (χ3v) is 4.62. The first-order chi connectivity index (χ1) is 8.04. The van der Waals surface area contributed by atoms with Crippen molar-refractivity contribution in [2.24, 2.45) is 11.1 Å². The highest BCUT2D eigenvalue weighted by molar-refractivity contribution is 7.80. The summed E-state index contributed by atoms with van der Waals surface area (Å²) >= 11 is 12.3. The molecule has 6 heteroatoms. The Morgan fingerprint density at radius 2 is 2.29 bits per heavy atom. The van der Waals surface area contributed by atoms with Crippen LogP contribution in [0.5, 0.6) is 0 Å². The van der Waals surface area contributed by atoms with Gasteiger partial charge in [0.05, 0.1) is 14.7 Å². The van der Waals surface area contributed by atoms with Crippen molar-refractivity contribution in [2.75, 3.05) is 6.54 Å². The molecule has 2 rings (SSSR count). The molecule has 1 amide bonds. The van der Waals surface area contributed by atoms with Gasteiger partial charge >= 0.3 is 0 Å². The van der Waals surface area contributed by atoms with E-state index >= 15 is 0 Å². The van der Waals surface area contributed by atoms with Crippen LogP contribution >= 0.6 is 35.2 Å². The lowest BCUT2D eigenvalue weighted by Gasteiger charge is -2.13. The molecule has 1 aromatic rings. The summed E-state index contributed by atoms with van der Waals surface area (Å²) in [6.07, 6.45) is 2.34. The Bertz CT molecular complexity index is 454. The first-order valence-corrected chi connectivity index (χ1v) is 6.97. The van der Waals surface area contributed by atoms with E-state index in [1.54, 1.807) is 0 Å². The van der Waals surface area contributed by atoms with E-state index < -0.39 is 5.41 Å². The minimum atomic E-state index is -0.553. The van der Waals surface area contributed by atoms with E-state index in [1.807, 2.05) is 12.1 Å². The summed E-state index contributed by atoms with van der Waals surface area (Å²) in [5.41, 5.74) is 5.02. The summed E-state index contributed by atoms with van der Waals surface area (Å²) in [5, 5.41) is 2.88. The number of halogens is 1. The molecule has 17 heavy (non-hydrogen) atoms. The number of thiophene rings is 1. The van der Waals surface area contributed by atoms with E-state index in [0.29, 0.717) is 11.5 Å². The first-order valence-electron chi connectivity index (χ1n) is 5.37. The molecular formula is C11H13ClN2OS2. The van der Waals surface area contributed by atoms with E-state index in [-0.39, 0.29) is 5.91 Å². The van der Waals surface area contributed by atoms with Gasteiger partial charge < -0.3 is 11.1 Å². The Labute approximate surface area is 114 Å². The normalized spacial score (nSPS) is 16.5. The Morgan fingerprint density at radius 1 is 1.59 bits per heavy atom. The molecule has 0 radical (unpaired) electrons. The number of rotatable bonds is 5. The highest BCUT2D eigenvalue weighted by Crippen LogP contribution is 2.46. The molecule has 0 saturated heterocycles. The molecule has 1 aliphatic carbocycles. The number of thiocarbonyl (C=S) groups is 1. The van der Waals surface area contributed by atoms with Crippen LogP contribution in [-0.2, 0) is 11.2 Å². The first kappa shape index (κ1) is 12.8. The molecular weight excluding hydrogens is 276 g/mol. The molecule has 1 saturated carbocycles. The van der Waals surface area contributed by atoms with Crippen LogP contribution in [0.2, 0.25) is 4.34 Å². The summed E-state index contributed by atoms with van der Waals surface area (Å²) < 4.78 is 0.771. The zero-order valence-corrected chi connectivity index (χ0v) is 11.6. The van der Waals surface area contributed by atoms with Gasteiger partial charge in [-0.25, -0.2) is 0 Å². The monoisotopic (exact) mass is 288 g/mol. The third-order valence-electron chi connectivity index (χ3n) is 2.94. The second-order valence-electron chi connectivity index (χ2n) is 4.16. The van der Waals surface area contributed by atoms with Gasteiger partial charge in [0, 0.05) is 11.4 Å². The van der Waals surface area contributed by atoms with Crippen LogP contribution in [0.15, 0.2) is 12.1 Å². The highest BCUT2D eigenvalue weighted by Gasteiger charge is 2.52. The number of hydrogen-bond donors (Lipinski definition) is 2. The van der Waals surface area contributed by atoms with Crippen molar-refractivity contribution in [1.29, 1.82) is 0 Å². The van der Waals surface area contributed by atoms with Gasteiger partial charge in [-0.05, 0) is 31.4 Å². The Hall–Kier alpha value is -0.650. The van der Waals surface area contributed by atoms with E-state index in [9.17, 15) is 4.79 Å². The molecule has 1 fully saturated rings. The molecule has 0 aromatic carbocycles. The van der Waals surface area contributed by atoms with Crippen molar-refractivity contribution in [3.8, 4) is 0 Å². The maximum Gasteiger partial charge on any atom is 0.233 e. The summed E-state index contributed by atoms with van der Waals surface area (Å²) in [7, 11) is 0. The van der Waals surface area contributed by atoms with Gasteiger partial charge in [-0.3, -0.25) is 4.79 Å². The number of amides is 1. The Kier molecular flexibility index (Phi) is 3.70. The van der Waals surface area contributed by atoms with Crippen LogP contribution in [0, 0.1) is 5.41 Å². The number of hydrogen-bond acceptors (Lipinski definition) is 3. The van der Waals surface area contributed by atoms with Crippen LogP contribution in [0.25, 0.3) is 0 Å². The standard InChI is InChI=1S/C11H13ClN2OS2/c12-8-2-1-7(17-8)3-6-14-10(15)11(4-5-11)9(13)16/h1-2H,3-6H2,(H2,13,16)(H,14,15). The fourth-order valence-electron chi connectivity index (χ4n) is 1.66. The zero-order valence-electron chi connectivity index (χ0n) is 9.16. The predicted octanol–water partition coefficient (Wildman–Crippen LogP) is 2.13. The fraction of sp³-hybridized carbons (Fsp3) is 0.455. The summed E-state index contributed by atoms with van der Waals surface area (Å²) in [4.78, 5) is 13.3. The minimum Gasteiger partial charge on any atom is -0.392 e. The average Bonchev–Trinajstić information content (AvgIpc) is 2.99. The van der Waals surface area contributed by atoms with Gasteiger partial charge in [-0.15, -0.1) is 11.3 Å². The van der Waals surface area contributed by atoms with Crippen molar-refractivity contribution in [2.45, 2.75) is 19.3 Å². The predicted molar refractivity (Wildman–Crippen MR) is 74.5 cm³/mol. The lowest BCUT2D eigenvalue weighted by Crippen LogP contribution is -2.40. The topological polar surface area (TPSA) is 55.1 Å². The number of carbonyl (C=O) groups excluding carboxylic acids is 1. The fourth-order valence-corrected chi connectivity index (χ4v) is 3.05. The second kappa shape index (κ2) is 4.92. The van der Waals surface area contributed by atoms with Crippen LogP contribution in [0.3, 0.4) is 0 Å². The second-order valence-corrected chi connectivity index (χ2v) is 6.40. The van der Waals surface area contributed by atoms with Gasteiger partial charge in [0.2, 0.25) is 5.91 Å². The van der Waals surface area contributed by atoms with Crippen LogP contribution < -0.4 is 11.1 Å². The lowest BCUT2D eigenvalue weighted by atomic mass is 10.1. The number of nitrogens with one attached hydrogen (secondary N) is 1. The molecule has 1 aliphatic rings.